The summed E-state index contributed by atoms with van der Waals surface area (Å²) in [6.07, 6.45) is 1.83. The standard InChI is InChI=1S/C15H23NO2/c1-15(2,8-9-17)16-11-12-7-10-18-14-6-4-3-5-13(12)14/h3-6,12,16-17H,7-11H2,1-2H3. The Balaban J connectivity index is 1.99. The van der Waals surface area contributed by atoms with Crippen molar-refractivity contribution in [2.45, 2.75) is 38.1 Å². The predicted molar refractivity (Wildman–Crippen MR) is 73.1 cm³/mol. The molecule has 0 radical (unpaired) electrons. The quantitative estimate of drug-likeness (QED) is 0.841. The number of fused-ring (bicyclic) bond motifs is 1. The Hall–Kier alpha value is -1.06. The number of hydrogen-bond acceptors (Lipinski definition) is 3. The summed E-state index contributed by atoms with van der Waals surface area (Å²) in [6, 6.07) is 8.28. The topological polar surface area (TPSA) is 41.5 Å². The molecule has 0 fully saturated rings. The van der Waals surface area contributed by atoms with Crippen LogP contribution < -0.4 is 10.1 Å². The molecule has 0 saturated carbocycles. The molecule has 0 amide bonds. The Labute approximate surface area is 109 Å². The van der Waals surface area contributed by atoms with Gasteiger partial charge in [-0.25, -0.2) is 0 Å². The van der Waals surface area contributed by atoms with Crippen LogP contribution in [-0.2, 0) is 0 Å². The summed E-state index contributed by atoms with van der Waals surface area (Å²) in [6.45, 7) is 6.23. The Bertz CT molecular complexity index is 390. The van der Waals surface area contributed by atoms with Gasteiger partial charge in [0.2, 0.25) is 0 Å². The van der Waals surface area contributed by atoms with Crippen molar-refractivity contribution in [1.82, 2.24) is 5.32 Å². The van der Waals surface area contributed by atoms with Crippen LogP contribution >= 0.6 is 0 Å². The van der Waals surface area contributed by atoms with Gasteiger partial charge in [-0.2, -0.15) is 0 Å². The van der Waals surface area contributed by atoms with Gasteiger partial charge in [-0.05, 0) is 38.3 Å². The minimum atomic E-state index is -0.0119. The molecule has 3 heteroatoms. The van der Waals surface area contributed by atoms with E-state index in [9.17, 15) is 0 Å². The van der Waals surface area contributed by atoms with Gasteiger partial charge in [-0.15, -0.1) is 0 Å². The van der Waals surface area contributed by atoms with Gasteiger partial charge >= 0.3 is 0 Å². The smallest absolute Gasteiger partial charge is 0.122 e. The third-order valence-corrected chi connectivity index (χ3v) is 3.65. The number of rotatable bonds is 5. The van der Waals surface area contributed by atoms with Crippen molar-refractivity contribution in [3.05, 3.63) is 29.8 Å². The number of benzene rings is 1. The van der Waals surface area contributed by atoms with E-state index in [1.54, 1.807) is 0 Å². The fourth-order valence-corrected chi connectivity index (χ4v) is 2.40. The molecule has 1 unspecified atom stereocenters. The van der Waals surface area contributed by atoms with Crippen LogP contribution in [0.2, 0.25) is 0 Å². The maximum Gasteiger partial charge on any atom is 0.122 e. The summed E-state index contributed by atoms with van der Waals surface area (Å²) in [5.74, 6) is 1.53. The maximum absolute atomic E-state index is 9.04. The molecule has 2 N–H and O–H groups in total. The monoisotopic (exact) mass is 249 g/mol. The van der Waals surface area contributed by atoms with E-state index in [0.29, 0.717) is 5.92 Å². The predicted octanol–water partition coefficient (Wildman–Crippen LogP) is 2.30. The lowest BCUT2D eigenvalue weighted by Crippen LogP contribution is -2.42. The second-order valence-electron chi connectivity index (χ2n) is 5.61. The first kappa shape index (κ1) is 13.4. The highest BCUT2D eigenvalue weighted by atomic mass is 16.5. The molecular weight excluding hydrogens is 226 g/mol. The number of hydrogen-bond donors (Lipinski definition) is 2. The van der Waals surface area contributed by atoms with E-state index >= 15 is 0 Å². The molecule has 0 saturated heterocycles. The molecule has 18 heavy (non-hydrogen) atoms. The Morgan fingerprint density at radius 1 is 1.39 bits per heavy atom. The lowest BCUT2D eigenvalue weighted by molar-refractivity contribution is 0.219. The molecule has 1 aliphatic rings. The summed E-state index contributed by atoms with van der Waals surface area (Å²) in [5.41, 5.74) is 1.29. The van der Waals surface area contributed by atoms with Crippen LogP contribution in [0.15, 0.2) is 24.3 Å². The average molecular weight is 249 g/mol. The summed E-state index contributed by atoms with van der Waals surface area (Å²) in [5, 5.41) is 12.6. The van der Waals surface area contributed by atoms with Gasteiger partial charge in [-0.3, -0.25) is 0 Å². The van der Waals surface area contributed by atoms with Crippen molar-refractivity contribution in [3.63, 3.8) is 0 Å². The third-order valence-electron chi connectivity index (χ3n) is 3.65. The zero-order chi connectivity index (χ0) is 13.0. The van der Waals surface area contributed by atoms with Gasteiger partial charge in [0.15, 0.2) is 0 Å². The first-order valence-corrected chi connectivity index (χ1v) is 6.70. The van der Waals surface area contributed by atoms with Crippen LogP contribution in [-0.4, -0.2) is 30.4 Å². The lowest BCUT2D eigenvalue weighted by Gasteiger charge is -2.31. The number of ether oxygens (including phenoxy) is 1. The zero-order valence-corrected chi connectivity index (χ0v) is 11.3. The fraction of sp³-hybridized carbons (Fsp3) is 0.600. The van der Waals surface area contributed by atoms with Gasteiger partial charge in [0.05, 0.1) is 6.61 Å². The van der Waals surface area contributed by atoms with E-state index in [2.05, 4.69) is 31.3 Å². The van der Waals surface area contributed by atoms with Gasteiger partial charge in [0, 0.05) is 24.6 Å². The highest BCUT2D eigenvalue weighted by Gasteiger charge is 2.24. The van der Waals surface area contributed by atoms with Crippen molar-refractivity contribution in [3.8, 4) is 5.75 Å². The van der Waals surface area contributed by atoms with Gasteiger partial charge in [0.1, 0.15) is 5.75 Å². The van der Waals surface area contributed by atoms with E-state index in [0.717, 1.165) is 31.7 Å². The zero-order valence-electron chi connectivity index (χ0n) is 11.3. The number of aliphatic hydroxyl groups is 1. The van der Waals surface area contributed by atoms with Crippen LogP contribution in [0.1, 0.15) is 38.2 Å². The van der Waals surface area contributed by atoms with E-state index in [-0.39, 0.29) is 12.1 Å². The molecule has 0 aromatic heterocycles. The number of para-hydroxylation sites is 1. The second kappa shape index (κ2) is 5.72. The first-order chi connectivity index (χ1) is 8.62. The lowest BCUT2D eigenvalue weighted by atomic mass is 9.91. The molecule has 1 atom stereocenters. The largest absolute Gasteiger partial charge is 0.493 e. The molecular formula is C15H23NO2. The first-order valence-electron chi connectivity index (χ1n) is 6.70. The molecule has 0 spiro atoms. The van der Waals surface area contributed by atoms with E-state index < -0.39 is 0 Å². The van der Waals surface area contributed by atoms with Crippen molar-refractivity contribution < 1.29 is 9.84 Å². The van der Waals surface area contributed by atoms with Crippen molar-refractivity contribution in [1.29, 1.82) is 0 Å². The molecule has 3 nitrogen and oxygen atoms in total. The van der Waals surface area contributed by atoms with Gasteiger partial charge < -0.3 is 15.2 Å². The Morgan fingerprint density at radius 3 is 2.94 bits per heavy atom. The van der Waals surface area contributed by atoms with Crippen molar-refractivity contribution in [2.75, 3.05) is 19.8 Å². The summed E-state index contributed by atoms with van der Waals surface area (Å²) in [4.78, 5) is 0. The van der Waals surface area contributed by atoms with Crippen LogP contribution in [0.3, 0.4) is 0 Å². The summed E-state index contributed by atoms with van der Waals surface area (Å²) >= 11 is 0. The highest BCUT2D eigenvalue weighted by molar-refractivity contribution is 5.37. The van der Waals surface area contributed by atoms with E-state index in [1.807, 2.05) is 12.1 Å². The Morgan fingerprint density at radius 2 is 2.17 bits per heavy atom. The minimum absolute atomic E-state index is 0.0119. The van der Waals surface area contributed by atoms with Gasteiger partial charge in [-0.1, -0.05) is 18.2 Å². The third kappa shape index (κ3) is 3.24. The van der Waals surface area contributed by atoms with Crippen LogP contribution in [0.4, 0.5) is 0 Å². The number of aliphatic hydroxyl groups excluding tert-OH is 1. The highest BCUT2D eigenvalue weighted by Crippen LogP contribution is 2.33. The molecule has 2 rings (SSSR count). The maximum atomic E-state index is 9.04. The molecule has 100 valence electrons. The number of nitrogens with one attached hydrogen (secondary N) is 1. The summed E-state index contributed by atoms with van der Waals surface area (Å²) in [7, 11) is 0. The van der Waals surface area contributed by atoms with E-state index in [4.69, 9.17) is 9.84 Å². The SMILES string of the molecule is CC(C)(CCO)NCC1CCOc2ccccc21. The van der Waals surface area contributed by atoms with Crippen LogP contribution in [0, 0.1) is 0 Å². The van der Waals surface area contributed by atoms with E-state index in [1.165, 1.54) is 5.56 Å². The molecule has 1 aliphatic heterocycles. The van der Waals surface area contributed by atoms with Crippen molar-refractivity contribution >= 4 is 0 Å². The molecule has 1 aromatic rings. The normalized spacial score (nSPS) is 19.2. The molecule has 0 aliphatic carbocycles. The van der Waals surface area contributed by atoms with Crippen LogP contribution in [0.25, 0.3) is 0 Å². The Kier molecular flexibility index (Phi) is 4.25. The molecule has 0 bridgehead atoms. The molecule has 1 heterocycles. The van der Waals surface area contributed by atoms with Crippen LogP contribution in [0.5, 0.6) is 5.75 Å². The minimum Gasteiger partial charge on any atom is -0.493 e. The fourth-order valence-electron chi connectivity index (χ4n) is 2.40. The summed E-state index contributed by atoms with van der Waals surface area (Å²) < 4.78 is 5.67. The second-order valence-corrected chi connectivity index (χ2v) is 5.61. The van der Waals surface area contributed by atoms with Crippen molar-refractivity contribution in [2.24, 2.45) is 0 Å². The van der Waals surface area contributed by atoms with Gasteiger partial charge in [0.25, 0.3) is 0 Å². The average Bonchev–Trinajstić information content (AvgIpc) is 2.36. The molecule has 1 aromatic carbocycles.